The first kappa shape index (κ1) is 15.0. The Kier molecular flexibility index (Phi) is 5.13. The van der Waals surface area contributed by atoms with Crippen molar-refractivity contribution in [2.24, 2.45) is 0 Å². The molecule has 0 aliphatic rings. The zero-order chi connectivity index (χ0) is 14.4. The lowest BCUT2D eigenvalue weighted by atomic mass is 10.3. The van der Waals surface area contributed by atoms with Crippen molar-refractivity contribution < 1.29 is 18.0 Å². The van der Waals surface area contributed by atoms with Crippen molar-refractivity contribution in [3.8, 4) is 5.75 Å². The summed E-state index contributed by atoms with van der Waals surface area (Å²) in [6, 6.07) is 12.5. The van der Waals surface area contributed by atoms with Gasteiger partial charge >= 0.3 is 0 Å². The zero-order valence-electron chi connectivity index (χ0n) is 10.9. The van der Waals surface area contributed by atoms with Gasteiger partial charge in [0.25, 0.3) is 10.0 Å². The van der Waals surface area contributed by atoms with E-state index in [2.05, 4.69) is 4.89 Å². The number of thiophene rings is 1. The van der Waals surface area contributed by atoms with Gasteiger partial charge in [-0.15, -0.1) is 11.3 Å². The zero-order valence-corrected chi connectivity index (χ0v) is 12.5. The minimum atomic E-state index is -3.59. The van der Waals surface area contributed by atoms with Gasteiger partial charge in [-0.2, -0.15) is 0 Å². The summed E-state index contributed by atoms with van der Waals surface area (Å²) in [5.41, 5.74) is 0. The summed E-state index contributed by atoms with van der Waals surface area (Å²) in [6.07, 6.45) is 0. The smallest absolute Gasteiger partial charge is 0.271 e. The summed E-state index contributed by atoms with van der Waals surface area (Å²) in [4.78, 5) is 7.93. The van der Waals surface area contributed by atoms with Gasteiger partial charge in [-0.1, -0.05) is 23.1 Å². The molecule has 0 fully saturated rings. The van der Waals surface area contributed by atoms with Crippen LogP contribution >= 0.6 is 11.3 Å². The molecule has 0 unspecified atom stereocenters. The molecule has 7 heteroatoms. The van der Waals surface area contributed by atoms with E-state index in [1.54, 1.807) is 12.1 Å². The third kappa shape index (κ3) is 4.31. The normalized spacial score (nSPS) is 11.4. The average Bonchev–Trinajstić information content (AvgIpc) is 2.87. The van der Waals surface area contributed by atoms with Gasteiger partial charge in [0.1, 0.15) is 23.2 Å². The van der Waals surface area contributed by atoms with Crippen molar-refractivity contribution >= 4 is 21.4 Å². The largest absolute Gasteiger partial charge is 0.491 e. The Morgan fingerprint density at radius 1 is 1.10 bits per heavy atom. The lowest BCUT2D eigenvalue weighted by Crippen LogP contribution is -2.25. The van der Waals surface area contributed by atoms with E-state index >= 15 is 0 Å². The number of sulfonamides is 1. The van der Waals surface area contributed by atoms with Crippen molar-refractivity contribution in [1.82, 2.24) is 4.89 Å². The molecular weight excluding hydrogens is 298 g/mol. The number of hydrogen-bond acceptors (Lipinski definition) is 5. The highest BCUT2D eigenvalue weighted by molar-refractivity contribution is 7.91. The van der Waals surface area contributed by atoms with E-state index in [1.165, 1.54) is 11.3 Å². The van der Waals surface area contributed by atoms with Gasteiger partial charge in [0.05, 0.1) is 0 Å². The maximum atomic E-state index is 11.8. The summed E-state index contributed by atoms with van der Waals surface area (Å²) < 4.78 is 29.2. The molecule has 5 nitrogen and oxygen atoms in total. The quantitative estimate of drug-likeness (QED) is 0.629. The predicted octanol–water partition coefficient (Wildman–Crippen LogP) is 2.35. The Morgan fingerprint density at radius 2 is 1.85 bits per heavy atom. The Labute approximate surface area is 122 Å². The van der Waals surface area contributed by atoms with E-state index in [9.17, 15) is 8.42 Å². The minimum absolute atomic E-state index is 0.123. The summed E-state index contributed by atoms with van der Waals surface area (Å²) in [7, 11) is -3.59. The molecule has 0 aliphatic heterocycles. The van der Waals surface area contributed by atoms with Crippen LogP contribution in [0.2, 0.25) is 0 Å². The highest BCUT2D eigenvalue weighted by Gasteiger charge is 2.15. The first-order chi connectivity index (χ1) is 9.58. The molecule has 0 aliphatic carbocycles. The Morgan fingerprint density at radius 3 is 2.50 bits per heavy atom. The van der Waals surface area contributed by atoms with Gasteiger partial charge in [0.2, 0.25) is 0 Å². The lowest BCUT2D eigenvalue weighted by molar-refractivity contribution is 0.0667. The maximum Gasteiger partial charge on any atom is 0.271 e. The topological polar surface area (TPSA) is 64.6 Å². The summed E-state index contributed by atoms with van der Waals surface area (Å²) in [6.45, 7) is 2.23. The van der Waals surface area contributed by atoms with Crippen LogP contribution in [0.15, 0.2) is 46.7 Å². The van der Waals surface area contributed by atoms with Crippen molar-refractivity contribution in [1.29, 1.82) is 0 Å². The van der Waals surface area contributed by atoms with Gasteiger partial charge < -0.3 is 4.74 Å². The van der Waals surface area contributed by atoms with Crippen LogP contribution in [-0.4, -0.2) is 21.6 Å². The van der Waals surface area contributed by atoms with Crippen LogP contribution in [-0.2, 0) is 14.9 Å². The van der Waals surface area contributed by atoms with E-state index < -0.39 is 10.0 Å². The van der Waals surface area contributed by atoms with Gasteiger partial charge in [0.15, 0.2) is 0 Å². The van der Waals surface area contributed by atoms with Crippen molar-refractivity contribution in [2.75, 3.05) is 13.2 Å². The molecule has 1 aromatic heterocycles. The van der Waals surface area contributed by atoms with Crippen molar-refractivity contribution in [3.05, 3.63) is 47.3 Å². The van der Waals surface area contributed by atoms with Crippen molar-refractivity contribution in [2.45, 2.75) is 11.1 Å². The molecular formula is C13H15NO4S2. The monoisotopic (exact) mass is 313 g/mol. The molecule has 1 aromatic carbocycles. The van der Waals surface area contributed by atoms with E-state index in [0.29, 0.717) is 5.75 Å². The van der Waals surface area contributed by atoms with Crippen LogP contribution < -0.4 is 9.62 Å². The molecule has 20 heavy (non-hydrogen) atoms. The Balaban J connectivity index is 1.73. The lowest BCUT2D eigenvalue weighted by Gasteiger charge is -2.07. The fourth-order valence-corrected chi connectivity index (χ4v) is 3.53. The molecule has 0 radical (unpaired) electrons. The number of nitrogens with one attached hydrogen (secondary N) is 1. The van der Waals surface area contributed by atoms with E-state index in [-0.39, 0.29) is 17.4 Å². The molecule has 0 saturated heterocycles. The number of hydrogen-bond donors (Lipinski definition) is 1. The Hall–Kier alpha value is -1.41. The summed E-state index contributed by atoms with van der Waals surface area (Å²) >= 11 is 1.19. The number of ether oxygens (including phenoxy) is 1. The first-order valence-corrected chi connectivity index (χ1v) is 8.26. The summed E-state index contributed by atoms with van der Waals surface area (Å²) in [5, 5.41) is 0. The fraction of sp³-hybridized carbons (Fsp3) is 0.231. The third-order valence-corrected chi connectivity index (χ3v) is 5.05. The highest BCUT2D eigenvalue weighted by atomic mass is 32.2. The van der Waals surface area contributed by atoms with E-state index in [4.69, 9.17) is 9.57 Å². The van der Waals surface area contributed by atoms with Crippen LogP contribution in [0.3, 0.4) is 0 Å². The van der Waals surface area contributed by atoms with E-state index in [0.717, 1.165) is 4.88 Å². The number of rotatable bonds is 7. The predicted molar refractivity (Wildman–Crippen MR) is 77.3 cm³/mol. The molecule has 108 valence electrons. The van der Waals surface area contributed by atoms with Gasteiger partial charge in [-0.05, 0) is 31.2 Å². The number of aryl methyl sites for hydroxylation is 1. The number of para-hydroxylation sites is 1. The molecule has 0 bridgehead atoms. The highest BCUT2D eigenvalue weighted by Crippen LogP contribution is 2.20. The number of benzene rings is 1. The second-order valence-corrected chi connectivity index (χ2v) is 7.12. The molecule has 0 spiro atoms. The molecule has 0 saturated carbocycles. The van der Waals surface area contributed by atoms with Crippen LogP contribution in [0.5, 0.6) is 5.75 Å². The second kappa shape index (κ2) is 6.85. The molecule has 2 aromatic rings. The maximum absolute atomic E-state index is 11.8. The molecule has 0 atom stereocenters. The first-order valence-electron chi connectivity index (χ1n) is 5.96. The molecule has 2 rings (SSSR count). The fourth-order valence-electron chi connectivity index (χ4n) is 1.43. The Bertz CT molecular complexity index is 637. The van der Waals surface area contributed by atoms with Crippen LogP contribution in [0.25, 0.3) is 0 Å². The molecule has 1 N–H and O–H groups in total. The average molecular weight is 313 g/mol. The van der Waals surface area contributed by atoms with E-state index in [1.807, 2.05) is 37.3 Å². The standard InChI is InChI=1S/C13H15NO4S2/c1-11-7-8-13(19-11)20(15,16)14-18-10-9-17-12-5-3-2-4-6-12/h2-8,14H,9-10H2,1H3. The SMILES string of the molecule is Cc1ccc(S(=O)(=O)NOCCOc2ccccc2)s1. The van der Waals surface area contributed by atoms with Crippen LogP contribution in [0.1, 0.15) is 4.88 Å². The summed E-state index contributed by atoms with van der Waals surface area (Å²) in [5.74, 6) is 0.716. The van der Waals surface area contributed by atoms with Gasteiger partial charge in [-0.25, -0.2) is 8.42 Å². The molecule has 0 amide bonds. The molecule has 1 heterocycles. The van der Waals surface area contributed by atoms with Gasteiger partial charge in [-0.3, -0.25) is 4.84 Å². The second-order valence-electron chi connectivity index (χ2n) is 3.96. The minimum Gasteiger partial charge on any atom is -0.491 e. The van der Waals surface area contributed by atoms with Crippen molar-refractivity contribution in [3.63, 3.8) is 0 Å². The third-order valence-electron chi connectivity index (χ3n) is 2.35. The van der Waals surface area contributed by atoms with Gasteiger partial charge in [0, 0.05) is 4.88 Å². The van der Waals surface area contributed by atoms with Crippen LogP contribution in [0.4, 0.5) is 0 Å². The van der Waals surface area contributed by atoms with Crippen LogP contribution in [0, 0.1) is 6.92 Å².